The predicted octanol–water partition coefficient (Wildman–Crippen LogP) is 2.32. The molecule has 0 spiro atoms. The van der Waals surface area contributed by atoms with E-state index >= 15 is 0 Å². The molecule has 4 nitrogen and oxygen atoms in total. The SMILES string of the molecule is Cn1ncc(CNCc2ccco2)c1C(F)(F)F. The zero-order valence-corrected chi connectivity index (χ0v) is 9.66. The Morgan fingerprint density at radius 3 is 2.78 bits per heavy atom. The van der Waals surface area contributed by atoms with E-state index in [0.717, 1.165) is 4.68 Å². The molecule has 0 bridgehead atoms. The molecule has 2 rings (SSSR count). The molecule has 0 amide bonds. The minimum atomic E-state index is -4.40. The Bertz CT molecular complexity index is 502. The van der Waals surface area contributed by atoms with Crippen molar-refractivity contribution in [2.75, 3.05) is 0 Å². The van der Waals surface area contributed by atoms with Gasteiger partial charge < -0.3 is 9.73 Å². The maximum Gasteiger partial charge on any atom is 0.433 e. The summed E-state index contributed by atoms with van der Waals surface area (Å²) in [5.74, 6) is 0.674. The number of rotatable bonds is 4. The first-order chi connectivity index (χ1) is 8.48. The maximum absolute atomic E-state index is 12.7. The van der Waals surface area contributed by atoms with Gasteiger partial charge >= 0.3 is 6.18 Å². The molecule has 0 aliphatic heterocycles. The number of hydrogen-bond donors (Lipinski definition) is 1. The highest BCUT2D eigenvalue weighted by Gasteiger charge is 2.36. The largest absolute Gasteiger partial charge is 0.468 e. The zero-order chi connectivity index (χ0) is 13.2. The Labute approximate surface area is 101 Å². The molecule has 0 aliphatic rings. The first kappa shape index (κ1) is 12.7. The Hall–Kier alpha value is -1.76. The third-order valence-corrected chi connectivity index (χ3v) is 2.48. The molecule has 0 aliphatic carbocycles. The van der Waals surface area contributed by atoms with Gasteiger partial charge in [-0.05, 0) is 12.1 Å². The van der Waals surface area contributed by atoms with Gasteiger partial charge in [-0.15, -0.1) is 0 Å². The van der Waals surface area contributed by atoms with Crippen molar-refractivity contribution in [2.24, 2.45) is 7.05 Å². The molecule has 0 fully saturated rings. The van der Waals surface area contributed by atoms with E-state index in [2.05, 4.69) is 10.4 Å². The minimum Gasteiger partial charge on any atom is -0.468 e. The highest BCUT2D eigenvalue weighted by atomic mass is 19.4. The molecule has 1 N–H and O–H groups in total. The first-order valence-corrected chi connectivity index (χ1v) is 5.29. The molecular formula is C11H12F3N3O. The van der Waals surface area contributed by atoms with Crippen molar-refractivity contribution < 1.29 is 17.6 Å². The third-order valence-electron chi connectivity index (χ3n) is 2.48. The number of halogens is 3. The molecule has 0 radical (unpaired) electrons. The van der Waals surface area contributed by atoms with Crippen LogP contribution < -0.4 is 5.32 Å². The molecule has 0 unspecified atom stereocenters. The second kappa shape index (κ2) is 4.85. The lowest BCUT2D eigenvalue weighted by Gasteiger charge is -2.10. The van der Waals surface area contributed by atoms with Crippen LogP contribution in [0, 0.1) is 0 Å². The lowest BCUT2D eigenvalue weighted by atomic mass is 10.2. The summed E-state index contributed by atoms with van der Waals surface area (Å²) in [7, 11) is 1.28. The quantitative estimate of drug-likeness (QED) is 0.916. The predicted molar refractivity (Wildman–Crippen MR) is 57.5 cm³/mol. The molecule has 0 saturated heterocycles. The van der Waals surface area contributed by atoms with E-state index < -0.39 is 11.9 Å². The Kier molecular flexibility index (Phi) is 3.42. The van der Waals surface area contributed by atoms with Crippen LogP contribution in [0.5, 0.6) is 0 Å². The zero-order valence-electron chi connectivity index (χ0n) is 9.66. The molecule has 0 aromatic carbocycles. The normalized spacial score (nSPS) is 12.0. The summed E-state index contributed by atoms with van der Waals surface area (Å²) in [4.78, 5) is 0. The summed E-state index contributed by atoms with van der Waals surface area (Å²) in [5, 5.41) is 6.51. The van der Waals surface area contributed by atoms with Gasteiger partial charge in [-0.3, -0.25) is 4.68 Å². The van der Waals surface area contributed by atoms with Crippen molar-refractivity contribution in [1.82, 2.24) is 15.1 Å². The van der Waals surface area contributed by atoms with Crippen molar-refractivity contribution in [3.8, 4) is 0 Å². The van der Waals surface area contributed by atoms with Crippen molar-refractivity contribution in [3.05, 3.63) is 41.6 Å². The number of furan rings is 1. The fraction of sp³-hybridized carbons (Fsp3) is 0.364. The van der Waals surface area contributed by atoms with Crippen LogP contribution in [-0.4, -0.2) is 9.78 Å². The van der Waals surface area contributed by atoms with E-state index in [4.69, 9.17) is 4.42 Å². The second-order valence-electron chi connectivity index (χ2n) is 3.82. The van der Waals surface area contributed by atoms with Gasteiger partial charge in [-0.2, -0.15) is 18.3 Å². The number of nitrogens with zero attached hydrogens (tertiary/aromatic N) is 2. The van der Waals surface area contributed by atoms with E-state index in [1.54, 1.807) is 12.1 Å². The molecule has 0 atom stereocenters. The van der Waals surface area contributed by atoms with E-state index in [-0.39, 0.29) is 12.1 Å². The molecule has 2 heterocycles. The Balaban J connectivity index is 2.02. The van der Waals surface area contributed by atoms with Gasteiger partial charge in [0.25, 0.3) is 0 Å². The second-order valence-corrected chi connectivity index (χ2v) is 3.82. The fourth-order valence-corrected chi connectivity index (χ4v) is 1.71. The van der Waals surface area contributed by atoms with Crippen molar-refractivity contribution in [1.29, 1.82) is 0 Å². The molecule has 98 valence electrons. The topological polar surface area (TPSA) is 43.0 Å². The summed E-state index contributed by atoms with van der Waals surface area (Å²) < 4.78 is 44.1. The van der Waals surface area contributed by atoms with Crippen LogP contribution in [0.3, 0.4) is 0 Å². The number of aromatic nitrogens is 2. The number of hydrogen-bond acceptors (Lipinski definition) is 3. The maximum atomic E-state index is 12.7. The van der Waals surface area contributed by atoms with E-state index in [1.165, 1.54) is 19.5 Å². The number of alkyl halides is 3. The van der Waals surface area contributed by atoms with Crippen LogP contribution in [0.4, 0.5) is 13.2 Å². The van der Waals surface area contributed by atoms with E-state index in [1.807, 2.05) is 0 Å². The van der Waals surface area contributed by atoms with Gasteiger partial charge in [-0.25, -0.2) is 0 Å². The Morgan fingerprint density at radius 1 is 1.39 bits per heavy atom. The van der Waals surface area contributed by atoms with E-state index in [9.17, 15) is 13.2 Å². The number of aryl methyl sites for hydroxylation is 1. The van der Waals surface area contributed by atoms with Crippen molar-refractivity contribution in [3.63, 3.8) is 0 Å². The Morgan fingerprint density at radius 2 is 2.17 bits per heavy atom. The summed E-state index contributed by atoms with van der Waals surface area (Å²) in [6.07, 6.45) is -1.66. The van der Waals surface area contributed by atoms with Crippen molar-refractivity contribution in [2.45, 2.75) is 19.3 Å². The molecule has 0 saturated carbocycles. The van der Waals surface area contributed by atoms with Crippen LogP contribution in [-0.2, 0) is 26.3 Å². The third kappa shape index (κ3) is 2.73. The van der Waals surface area contributed by atoms with Crippen LogP contribution in [0.2, 0.25) is 0 Å². The smallest absolute Gasteiger partial charge is 0.433 e. The van der Waals surface area contributed by atoms with Gasteiger partial charge in [0.1, 0.15) is 11.5 Å². The van der Waals surface area contributed by atoms with Gasteiger partial charge in [0.15, 0.2) is 0 Å². The lowest BCUT2D eigenvalue weighted by Crippen LogP contribution is -2.18. The highest BCUT2D eigenvalue weighted by molar-refractivity contribution is 5.20. The summed E-state index contributed by atoms with van der Waals surface area (Å²) in [5.41, 5.74) is -0.606. The summed E-state index contributed by atoms with van der Waals surface area (Å²) in [6, 6.07) is 3.48. The van der Waals surface area contributed by atoms with Gasteiger partial charge in [0.05, 0.1) is 19.0 Å². The molecular weight excluding hydrogens is 247 g/mol. The standard InChI is InChI=1S/C11H12F3N3O/c1-17-10(11(12,13)14)8(6-16-17)5-15-7-9-3-2-4-18-9/h2-4,6,15H,5,7H2,1H3. The van der Waals surface area contributed by atoms with Crippen LogP contribution >= 0.6 is 0 Å². The van der Waals surface area contributed by atoms with Gasteiger partial charge in [0.2, 0.25) is 0 Å². The summed E-state index contributed by atoms with van der Waals surface area (Å²) in [6.45, 7) is 0.461. The van der Waals surface area contributed by atoms with Crippen LogP contribution in [0.1, 0.15) is 17.0 Å². The van der Waals surface area contributed by atoms with Gasteiger partial charge in [-0.1, -0.05) is 0 Å². The van der Waals surface area contributed by atoms with E-state index in [0.29, 0.717) is 12.3 Å². The first-order valence-electron chi connectivity index (χ1n) is 5.29. The van der Waals surface area contributed by atoms with Crippen LogP contribution in [0.25, 0.3) is 0 Å². The molecule has 2 aromatic heterocycles. The van der Waals surface area contributed by atoms with Gasteiger partial charge in [0, 0.05) is 19.2 Å². The lowest BCUT2D eigenvalue weighted by molar-refractivity contribution is -0.144. The average molecular weight is 259 g/mol. The van der Waals surface area contributed by atoms with Crippen molar-refractivity contribution >= 4 is 0 Å². The molecule has 18 heavy (non-hydrogen) atoms. The average Bonchev–Trinajstić information content (AvgIpc) is 2.87. The monoisotopic (exact) mass is 259 g/mol. The van der Waals surface area contributed by atoms with Crippen LogP contribution in [0.15, 0.2) is 29.0 Å². The molecule has 2 aromatic rings. The fourth-order valence-electron chi connectivity index (χ4n) is 1.71. The number of nitrogens with one attached hydrogen (secondary N) is 1. The molecule has 7 heteroatoms. The highest BCUT2D eigenvalue weighted by Crippen LogP contribution is 2.31. The summed E-state index contributed by atoms with van der Waals surface area (Å²) >= 11 is 0. The minimum absolute atomic E-state index is 0.0867.